The Balaban J connectivity index is 1.77. The van der Waals surface area contributed by atoms with Crippen molar-refractivity contribution in [2.45, 2.75) is 75.6 Å². The highest BCUT2D eigenvalue weighted by molar-refractivity contribution is 7.17. The second-order valence-electron chi connectivity index (χ2n) is 10.1. The highest BCUT2D eigenvalue weighted by Crippen LogP contribution is 2.42. The number of amides is 2. The maximum absolute atomic E-state index is 14.2. The summed E-state index contributed by atoms with van der Waals surface area (Å²) in [6.45, 7) is 0.730. The molecule has 2 fully saturated rings. The van der Waals surface area contributed by atoms with Crippen molar-refractivity contribution < 1.29 is 45.8 Å². The van der Waals surface area contributed by atoms with E-state index in [9.17, 15) is 41.0 Å². The van der Waals surface area contributed by atoms with Crippen LogP contribution in [0.4, 0.5) is 32.2 Å². The fraction of sp³-hybridized carbons (Fsp3) is 0.600. The molecule has 0 spiro atoms. The molecule has 0 bridgehead atoms. The highest BCUT2D eigenvalue weighted by atomic mass is 32.1. The minimum Gasteiger partial charge on any atom is -0.388 e. The van der Waals surface area contributed by atoms with Crippen LogP contribution in [0.1, 0.15) is 64.9 Å². The molecule has 1 aliphatic carbocycles. The maximum Gasteiger partial charge on any atom is 0.417 e. The van der Waals surface area contributed by atoms with Crippen molar-refractivity contribution in [2.24, 2.45) is 0 Å². The molecule has 1 aliphatic heterocycles. The molecule has 0 radical (unpaired) electrons. The Morgan fingerprint density at radius 2 is 1.83 bits per heavy atom. The fourth-order valence-electron chi connectivity index (χ4n) is 4.71. The van der Waals surface area contributed by atoms with E-state index in [0.29, 0.717) is 30.2 Å². The van der Waals surface area contributed by atoms with Crippen molar-refractivity contribution in [3.63, 3.8) is 0 Å². The SMILES string of the molecule is C[C@H](Nc1cc(C(F)(F)F)c(-c2sc(C(=O)N[C@@H]3COC[C@@H]3O)nc2C(=O)N(C)C2CCCCC2)cn1)C(F)(F)F. The fourth-order valence-corrected chi connectivity index (χ4v) is 5.69. The summed E-state index contributed by atoms with van der Waals surface area (Å²) in [5.74, 6) is -2.20. The minimum atomic E-state index is -5.05. The largest absolute Gasteiger partial charge is 0.417 e. The van der Waals surface area contributed by atoms with E-state index >= 15 is 0 Å². The molecule has 3 atom stereocenters. The lowest BCUT2D eigenvalue weighted by molar-refractivity contribution is -0.138. The molecule has 3 heterocycles. The van der Waals surface area contributed by atoms with E-state index < -0.39 is 65.0 Å². The smallest absolute Gasteiger partial charge is 0.388 e. The van der Waals surface area contributed by atoms with Gasteiger partial charge in [0.25, 0.3) is 11.8 Å². The van der Waals surface area contributed by atoms with Gasteiger partial charge in [0.2, 0.25) is 0 Å². The second-order valence-corrected chi connectivity index (χ2v) is 11.1. The van der Waals surface area contributed by atoms with Gasteiger partial charge in [-0.15, -0.1) is 11.3 Å². The van der Waals surface area contributed by atoms with E-state index in [4.69, 9.17) is 4.74 Å². The van der Waals surface area contributed by atoms with Gasteiger partial charge in [-0.3, -0.25) is 9.59 Å². The van der Waals surface area contributed by atoms with Crippen LogP contribution in [0.25, 0.3) is 10.4 Å². The number of halogens is 6. The summed E-state index contributed by atoms with van der Waals surface area (Å²) in [6, 6.07) is -2.71. The molecule has 4 rings (SSSR count). The van der Waals surface area contributed by atoms with Gasteiger partial charge >= 0.3 is 12.4 Å². The van der Waals surface area contributed by atoms with Gasteiger partial charge in [-0.2, -0.15) is 26.3 Å². The first-order valence-electron chi connectivity index (χ1n) is 12.9. The van der Waals surface area contributed by atoms with Crippen molar-refractivity contribution in [3.05, 3.63) is 28.5 Å². The van der Waals surface area contributed by atoms with E-state index in [-0.39, 0.29) is 29.1 Å². The van der Waals surface area contributed by atoms with E-state index in [1.807, 2.05) is 5.32 Å². The monoisotopic (exact) mass is 609 g/mol. The average Bonchev–Trinajstić information content (AvgIpc) is 3.53. The van der Waals surface area contributed by atoms with Crippen molar-refractivity contribution in [3.8, 4) is 10.4 Å². The summed E-state index contributed by atoms with van der Waals surface area (Å²) in [5, 5.41) is 14.1. The number of pyridine rings is 1. The molecule has 41 heavy (non-hydrogen) atoms. The molecule has 2 amide bonds. The Morgan fingerprint density at radius 3 is 2.41 bits per heavy atom. The number of aromatic nitrogens is 2. The number of carbonyl (C=O) groups is 2. The number of aliphatic hydroxyl groups is 1. The number of alkyl halides is 6. The molecule has 226 valence electrons. The number of hydrogen-bond donors (Lipinski definition) is 3. The molecule has 0 aromatic carbocycles. The first-order valence-corrected chi connectivity index (χ1v) is 13.7. The van der Waals surface area contributed by atoms with Crippen LogP contribution in [0, 0.1) is 0 Å². The van der Waals surface area contributed by atoms with Crippen LogP contribution in [0.5, 0.6) is 0 Å². The number of carbonyl (C=O) groups excluding carboxylic acids is 2. The number of rotatable bonds is 7. The zero-order valence-corrected chi connectivity index (χ0v) is 22.9. The van der Waals surface area contributed by atoms with Crippen molar-refractivity contribution >= 4 is 29.0 Å². The molecule has 1 saturated heterocycles. The van der Waals surface area contributed by atoms with Gasteiger partial charge < -0.3 is 25.4 Å². The topological polar surface area (TPSA) is 117 Å². The summed E-state index contributed by atoms with van der Waals surface area (Å²) < 4.78 is 86.8. The standard InChI is InChI=1S/C25H29F6N5O4S/c1-12(24(26,27)28)33-18-8-15(25(29,30)31)14(9-32-18)20-19(23(39)36(2)13-6-4-3-5-7-13)35-22(41-20)21(38)34-16-10-40-11-17(16)37/h8-9,12-13,16-17,37H,3-7,10-11H2,1-2H3,(H,32,33)(H,34,38)/t12-,16+,17-/m0/s1. The van der Waals surface area contributed by atoms with Gasteiger partial charge in [-0.1, -0.05) is 19.3 Å². The number of ether oxygens (including phenoxy) is 1. The lowest BCUT2D eigenvalue weighted by Gasteiger charge is -2.31. The zero-order valence-electron chi connectivity index (χ0n) is 22.1. The summed E-state index contributed by atoms with van der Waals surface area (Å²) in [5.41, 5.74) is -2.37. The van der Waals surface area contributed by atoms with Crippen LogP contribution in [-0.2, 0) is 10.9 Å². The van der Waals surface area contributed by atoms with E-state index in [1.165, 1.54) is 11.9 Å². The summed E-state index contributed by atoms with van der Waals surface area (Å²) in [6.07, 6.45) is -5.94. The second kappa shape index (κ2) is 12.1. The van der Waals surface area contributed by atoms with Gasteiger partial charge in [-0.25, -0.2) is 9.97 Å². The molecule has 3 N–H and O–H groups in total. The Morgan fingerprint density at radius 1 is 1.15 bits per heavy atom. The molecule has 16 heteroatoms. The number of aliphatic hydroxyl groups excluding tert-OH is 1. The first-order chi connectivity index (χ1) is 19.2. The predicted molar refractivity (Wildman–Crippen MR) is 137 cm³/mol. The maximum atomic E-state index is 14.2. The average molecular weight is 610 g/mol. The Hall–Kier alpha value is -2.98. The van der Waals surface area contributed by atoms with Gasteiger partial charge in [0.05, 0.1) is 35.8 Å². The molecular formula is C25H29F6N5O4S. The number of nitrogens with zero attached hydrogens (tertiary/aromatic N) is 3. The van der Waals surface area contributed by atoms with Gasteiger partial charge in [0.15, 0.2) is 5.01 Å². The molecule has 2 aliphatic rings. The molecule has 1 saturated carbocycles. The normalized spacial score (nSPS) is 21.0. The summed E-state index contributed by atoms with van der Waals surface area (Å²) >= 11 is 0.518. The van der Waals surface area contributed by atoms with Crippen LogP contribution in [-0.4, -0.2) is 82.5 Å². The summed E-state index contributed by atoms with van der Waals surface area (Å²) in [4.78, 5) is 35.6. The van der Waals surface area contributed by atoms with Crippen LogP contribution in [0.3, 0.4) is 0 Å². The molecule has 9 nitrogen and oxygen atoms in total. The third-order valence-electron chi connectivity index (χ3n) is 7.14. The van der Waals surface area contributed by atoms with Crippen LogP contribution >= 0.6 is 11.3 Å². The first kappa shape index (κ1) is 31.0. The Labute approximate surface area is 235 Å². The molecule has 0 unspecified atom stereocenters. The van der Waals surface area contributed by atoms with Crippen molar-refractivity contribution in [2.75, 3.05) is 25.6 Å². The van der Waals surface area contributed by atoms with Crippen LogP contribution in [0.2, 0.25) is 0 Å². The lowest BCUT2D eigenvalue weighted by atomic mass is 9.94. The van der Waals surface area contributed by atoms with Crippen molar-refractivity contribution in [1.29, 1.82) is 0 Å². The Bertz CT molecular complexity index is 1260. The van der Waals surface area contributed by atoms with E-state index in [1.54, 1.807) is 0 Å². The Kier molecular flexibility index (Phi) is 9.13. The van der Waals surface area contributed by atoms with E-state index in [2.05, 4.69) is 15.3 Å². The third kappa shape index (κ3) is 7.09. The quantitative estimate of drug-likeness (QED) is 0.397. The number of nitrogens with one attached hydrogen (secondary N) is 2. The van der Waals surface area contributed by atoms with Gasteiger partial charge in [0.1, 0.15) is 17.6 Å². The predicted octanol–water partition coefficient (Wildman–Crippen LogP) is 4.48. The lowest BCUT2D eigenvalue weighted by Crippen LogP contribution is -2.42. The number of thiazole rings is 1. The van der Waals surface area contributed by atoms with Crippen molar-refractivity contribution in [1.82, 2.24) is 20.2 Å². The third-order valence-corrected chi connectivity index (χ3v) is 8.23. The minimum absolute atomic E-state index is 0.00823. The molecular weight excluding hydrogens is 580 g/mol. The van der Waals surface area contributed by atoms with Crippen LogP contribution in [0.15, 0.2) is 12.3 Å². The van der Waals surface area contributed by atoms with Gasteiger partial charge in [0, 0.05) is 24.8 Å². The zero-order chi connectivity index (χ0) is 30.1. The van der Waals surface area contributed by atoms with Gasteiger partial charge in [-0.05, 0) is 25.8 Å². The number of hydrogen-bond acceptors (Lipinski definition) is 8. The molecule has 2 aromatic rings. The number of anilines is 1. The van der Waals surface area contributed by atoms with Crippen LogP contribution < -0.4 is 10.6 Å². The van der Waals surface area contributed by atoms with E-state index in [0.717, 1.165) is 32.4 Å². The molecule has 2 aromatic heterocycles. The highest BCUT2D eigenvalue weighted by Gasteiger charge is 2.40. The summed E-state index contributed by atoms with van der Waals surface area (Å²) in [7, 11) is 1.52.